The maximum atomic E-state index is 5.96. The molecule has 2 fully saturated rings. The molecule has 2 rings (SSSR count). The molecule has 2 saturated carbocycles. The van der Waals surface area contributed by atoms with Crippen molar-refractivity contribution in [1.29, 1.82) is 0 Å². The molecule has 100 valence electrons. The first-order valence-electron chi connectivity index (χ1n) is 7.34. The SMILES string of the molecule is CCOC(C1CC1)C(NN)C1CCCC(C)C1. The fraction of sp³-hybridized carbons (Fsp3) is 1.00. The van der Waals surface area contributed by atoms with Crippen molar-refractivity contribution in [3.05, 3.63) is 0 Å². The summed E-state index contributed by atoms with van der Waals surface area (Å²) < 4.78 is 5.96. The average Bonchev–Trinajstić information content (AvgIpc) is 3.13. The summed E-state index contributed by atoms with van der Waals surface area (Å²) in [6, 6.07) is 0.366. The zero-order chi connectivity index (χ0) is 12.3. The first-order valence-corrected chi connectivity index (χ1v) is 7.34. The fourth-order valence-corrected chi connectivity index (χ4v) is 3.46. The molecule has 0 saturated heterocycles. The van der Waals surface area contributed by atoms with E-state index in [2.05, 4.69) is 19.3 Å². The van der Waals surface area contributed by atoms with Crippen molar-refractivity contribution in [3.8, 4) is 0 Å². The Bertz CT molecular complexity index is 230. The van der Waals surface area contributed by atoms with E-state index in [-0.39, 0.29) is 0 Å². The van der Waals surface area contributed by atoms with Gasteiger partial charge in [0.15, 0.2) is 0 Å². The summed E-state index contributed by atoms with van der Waals surface area (Å²) >= 11 is 0. The highest BCUT2D eigenvalue weighted by Gasteiger charge is 2.40. The summed E-state index contributed by atoms with van der Waals surface area (Å²) in [4.78, 5) is 0. The second-order valence-electron chi connectivity index (χ2n) is 5.98. The molecule has 0 aromatic carbocycles. The number of nitrogens with one attached hydrogen (secondary N) is 1. The van der Waals surface area contributed by atoms with Crippen LogP contribution in [0.5, 0.6) is 0 Å². The third-order valence-corrected chi connectivity index (χ3v) is 4.48. The lowest BCUT2D eigenvalue weighted by Gasteiger charge is -2.37. The molecule has 0 radical (unpaired) electrons. The first-order chi connectivity index (χ1) is 8.26. The van der Waals surface area contributed by atoms with Crippen LogP contribution in [0.3, 0.4) is 0 Å². The maximum Gasteiger partial charge on any atom is 0.0772 e. The highest BCUT2D eigenvalue weighted by molar-refractivity contribution is 4.94. The predicted molar refractivity (Wildman–Crippen MR) is 70.4 cm³/mol. The van der Waals surface area contributed by atoms with E-state index in [1.54, 1.807) is 0 Å². The summed E-state index contributed by atoms with van der Waals surface area (Å²) in [6.07, 6.45) is 8.36. The van der Waals surface area contributed by atoms with E-state index >= 15 is 0 Å². The van der Waals surface area contributed by atoms with Gasteiger partial charge in [0.25, 0.3) is 0 Å². The van der Waals surface area contributed by atoms with E-state index in [0.29, 0.717) is 18.1 Å². The van der Waals surface area contributed by atoms with Crippen molar-refractivity contribution in [2.75, 3.05) is 6.61 Å². The highest BCUT2D eigenvalue weighted by atomic mass is 16.5. The van der Waals surface area contributed by atoms with Crippen molar-refractivity contribution < 1.29 is 4.74 Å². The van der Waals surface area contributed by atoms with Gasteiger partial charge in [0.1, 0.15) is 0 Å². The maximum absolute atomic E-state index is 5.96. The molecule has 0 aromatic heterocycles. The Morgan fingerprint density at radius 3 is 2.53 bits per heavy atom. The van der Waals surface area contributed by atoms with E-state index in [0.717, 1.165) is 18.4 Å². The zero-order valence-electron chi connectivity index (χ0n) is 11.3. The second-order valence-corrected chi connectivity index (χ2v) is 5.98. The minimum absolute atomic E-state index is 0.347. The average molecular weight is 240 g/mol. The van der Waals surface area contributed by atoms with Crippen LogP contribution in [-0.4, -0.2) is 18.8 Å². The molecule has 0 spiro atoms. The zero-order valence-corrected chi connectivity index (χ0v) is 11.3. The van der Waals surface area contributed by atoms with Crippen molar-refractivity contribution in [2.24, 2.45) is 23.6 Å². The molecular weight excluding hydrogens is 212 g/mol. The number of rotatable bonds is 6. The van der Waals surface area contributed by atoms with Gasteiger partial charge in [0.05, 0.1) is 12.1 Å². The standard InChI is InChI=1S/C14H28N2O/c1-3-17-14(11-7-8-11)13(16-15)12-6-4-5-10(2)9-12/h10-14,16H,3-9,15H2,1-2H3. The van der Waals surface area contributed by atoms with E-state index < -0.39 is 0 Å². The molecule has 3 N–H and O–H groups in total. The molecule has 4 atom stereocenters. The van der Waals surface area contributed by atoms with Crippen LogP contribution < -0.4 is 11.3 Å². The van der Waals surface area contributed by atoms with Gasteiger partial charge in [0.2, 0.25) is 0 Å². The molecule has 17 heavy (non-hydrogen) atoms. The molecule has 3 nitrogen and oxygen atoms in total. The van der Waals surface area contributed by atoms with Crippen LogP contribution in [0, 0.1) is 17.8 Å². The number of hydrazine groups is 1. The second kappa shape index (κ2) is 6.17. The number of hydrogen-bond acceptors (Lipinski definition) is 3. The normalized spacial score (nSPS) is 33.4. The van der Waals surface area contributed by atoms with Crippen molar-refractivity contribution in [1.82, 2.24) is 5.43 Å². The van der Waals surface area contributed by atoms with Gasteiger partial charge in [-0.1, -0.05) is 19.8 Å². The van der Waals surface area contributed by atoms with Crippen LogP contribution in [-0.2, 0) is 4.74 Å². The van der Waals surface area contributed by atoms with Crippen LogP contribution in [0.15, 0.2) is 0 Å². The third-order valence-electron chi connectivity index (χ3n) is 4.48. The summed E-state index contributed by atoms with van der Waals surface area (Å²) in [6.45, 7) is 5.26. The van der Waals surface area contributed by atoms with Gasteiger partial charge in [-0.15, -0.1) is 0 Å². The van der Waals surface area contributed by atoms with Gasteiger partial charge in [-0.25, -0.2) is 0 Å². The van der Waals surface area contributed by atoms with Gasteiger partial charge in [-0.2, -0.15) is 0 Å². The van der Waals surface area contributed by atoms with E-state index in [4.69, 9.17) is 10.6 Å². The van der Waals surface area contributed by atoms with Crippen LogP contribution in [0.25, 0.3) is 0 Å². The quantitative estimate of drug-likeness (QED) is 0.554. The summed E-state index contributed by atoms with van der Waals surface area (Å²) in [5.74, 6) is 8.14. The topological polar surface area (TPSA) is 47.3 Å². The summed E-state index contributed by atoms with van der Waals surface area (Å²) in [7, 11) is 0. The smallest absolute Gasteiger partial charge is 0.0772 e. The molecule has 0 amide bonds. The Morgan fingerprint density at radius 1 is 1.24 bits per heavy atom. The lowest BCUT2D eigenvalue weighted by molar-refractivity contribution is -0.00554. The van der Waals surface area contributed by atoms with Crippen molar-refractivity contribution in [2.45, 2.75) is 64.5 Å². The Balaban J connectivity index is 1.96. The van der Waals surface area contributed by atoms with Gasteiger partial charge >= 0.3 is 0 Å². The lowest BCUT2D eigenvalue weighted by atomic mass is 9.76. The fourth-order valence-electron chi connectivity index (χ4n) is 3.46. The molecule has 4 unspecified atom stereocenters. The van der Waals surface area contributed by atoms with Gasteiger partial charge in [0, 0.05) is 6.61 Å². The minimum Gasteiger partial charge on any atom is -0.377 e. The van der Waals surface area contributed by atoms with E-state index in [9.17, 15) is 0 Å². The highest BCUT2D eigenvalue weighted by Crippen LogP contribution is 2.40. The van der Waals surface area contributed by atoms with E-state index in [1.165, 1.54) is 38.5 Å². The Kier molecular flexibility index (Phi) is 4.83. The monoisotopic (exact) mass is 240 g/mol. The van der Waals surface area contributed by atoms with Crippen LogP contribution in [0.4, 0.5) is 0 Å². The number of nitrogens with two attached hydrogens (primary N) is 1. The van der Waals surface area contributed by atoms with Gasteiger partial charge in [-0.05, 0) is 50.4 Å². The Morgan fingerprint density at radius 2 is 2.00 bits per heavy atom. The van der Waals surface area contributed by atoms with Crippen LogP contribution in [0.1, 0.15) is 52.4 Å². The first kappa shape index (κ1) is 13.3. The minimum atomic E-state index is 0.347. The molecule has 3 heteroatoms. The van der Waals surface area contributed by atoms with Gasteiger partial charge < -0.3 is 4.74 Å². The molecule has 0 bridgehead atoms. The van der Waals surface area contributed by atoms with Crippen LogP contribution >= 0.6 is 0 Å². The summed E-state index contributed by atoms with van der Waals surface area (Å²) in [5.41, 5.74) is 3.07. The Hall–Kier alpha value is -0.120. The molecular formula is C14H28N2O. The van der Waals surface area contributed by atoms with Crippen molar-refractivity contribution >= 4 is 0 Å². The van der Waals surface area contributed by atoms with Crippen molar-refractivity contribution in [3.63, 3.8) is 0 Å². The summed E-state index contributed by atoms with van der Waals surface area (Å²) in [5, 5.41) is 0. The Labute approximate surface area is 105 Å². The molecule has 0 aliphatic heterocycles. The third kappa shape index (κ3) is 3.43. The molecule has 0 heterocycles. The molecule has 2 aliphatic carbocycles. The number of ether oxygens (including phenoxy) is 1. The lowest BCUT2D eigenvalue weighted by Crippen LogP contribution is -2.51. The van der Waals surface area contributed by atoms with E-state index in [1.807, 2.05) is 0 Å². The number of hydrogen-bond donors (Lipinski definition) is 2. The molecule has 2 aliphatic rings. The van der Waals surface area contributed by atoms with Crippen LogP contribution in [0.2, 0.25) is 0 Å². The predicted octanol–water partition coefficient (Wildman–Crippen LogP) is 2.46. The largest absolute Gasteiger partial charge is 0.377 e. The molecule has 0 aromatic rings. The van der Waals surface area contributed by atoms with Gasteiger partial charge in [-0.3, -0.25) is 11.3 Å².